The molecule has 0 bridgehead atoms. The van der Waals surface area contributed by atoms with Gasteiger partial charge in [0.05, 0.1) is 0 Å². The Labute approximate surface area is 146 Å². The lowest BCUT2D eigenvalue weighted by molar-refractivity contribution is -0.115. The van der Waals surface area contributed by atoms with Gasteiger partial charge in [0, 0.05) is 11.8 Å². The van der Waals surface area contributed by atoms with E-state index in [1.54, 1.807) is 6.92 Å². The zero-order chi connectivity index (χ0) is 17.4. The second kappa shape index (κ2) is 6.29. The Balaban J connectivity index is 2.23. The Hall–Kier alpha value is -2.33. The van der Waals surface area contributed by atoms with Gasteiger partial charge in [-0.05, 0) is 57.5 Å². The molecule has 1 aromatic carbocycles. The molecule has 0 unspecified atom stereocenters. The quantitative estimate of drug-likeness (QED) is 0.713. The maximum absolute atomic E-state index is 12.2. The van der Waals surface area contributed by atoms with Gasteiger partial charge in [0.25, 0.3) is 0 Å². The number of amides is 1. The van der Waals surface area contributed by atoms with Crippen LogP contribution in [0.25, 0.3) is 16.9 Å². The third-order valence-electron chi connectivity index (χ3n) is 3.88. The van der Waals surface area contributed by atoms with Crippen LogP contribution in [0.4, 0.5) is 5.82 Å². The number of rotatable bonds is 3. The molecule has 2 heterocycles. The first kappa shape index (κ1) is 16.5. The van der Waals surface area contributed by atoms with Gasteiger partial charge in [-0.1, -0.05) is 17.2 Å². The summed E-state index contributed by atoms with van der Waals surface area (Å²) >= 11 is 5.93. The molecule has 0 fully saturated rings. The molecule has 124 valence electrons. The van der Waals surface area contributed by atoms with Crippen LogP contribution in [0, 0.1) is 20.8 Å². The van der Waals surface area contributed by atoms with Crippen LogP contribution in [-0.4, -0.2) is 20.7 Å². The molecule has 0 aliphatic heterocycles. The molecule has 3 aromatic rings. The maximum Gasteiger partial charge on any atom is 0.243 e. The second-order valence-electron chi connectivity index (χ2n) is 6.22. The Kier molecular flexibility index (Phi) is 4.33. The molecule has 0 aliphatic carbocycles. The third-order valence-corrected chi connectivity index (χ3v) is 4.08. The average Bonchev–Trinajstić information content (AvgIpc) is 2.84. The predicted octanol–water partition coefficient (Wildman–Crippen LogP) is 4.49. The number of fused-ring (bicyclic) bond motifs is 1. The summed E-state index contributed by atoms with van der Waals surface area (Å²) < 4.78 is 1.89. The van der Waals surface area contributed by atoms with E-state index in [-0.39, 0.29) is 5.91 Å². The van der Waals surface area contributed by atoms with Crippen LogP contribution in [0.15, 0.2) is 36.5 Å². The molecule has 3 rings (SSSR count). The zero-order valence-corrected chi connectivity index (χ0v) is 15.0. The van der Waals surface area contributed by atoms with Gasteiger partial charge in [-0.15, -0.1) is 11.6 Å². The number of carbonyl (C=O) groups is 1. The number of hydrogen-bond donors (Lipinski definition) is 1. The molecule has 1 N–H and O–H groups in total. The van der Waals surface area contributed by atoms with Crippen molar-refractivity contribution in [2.45, 2.75) is 33.1 Å². The summed E-state index contributed by atoms with van der Waals surface area (Å²) in [5, 5.41) is 2.30. The van der Waals surface area contributed by atoms with Crippen LogP contribution in [0.5, 0.6) is 0 Å². The average molecular weight is 342 g/mol. The first-order valence-corrected chi connectivity index (χ1v) is 8.31. The van der Waals surface area contributed by atoms with Crippen molar-refractivity contribution in [1.29, 1.82) is 0 Å². The van der Waals surface area contributed by atoms with Crippen molar-refractivity contribution in [3.8, 4) is 11.3 Å². The number of nitrogens with one attached hydrogen (secondary N) is 1. The van der Waals surface area contributed by atoms with Crippen molar-refractivity contribution < 1.29 is 4.79 Å². The molecular formula is C19H20ClN3O. The van der Waals surface area contributed by atoms with Gasteiger partial charge in [-0.25, -0.2) is 4.98 Å². The smallest absolute Gasteiger partial charge is 0.243 e. The third kappa shape index (κ3) is 3.15. The molecule has 5 heteroatoms. The van der Waals surface area contributed by atoms with E-state index < -0.39 is 5.38 Å². The van der Waals surface area contributed by atoms with Crippen LogP contribution >= 0.6 is 11.6 Å². The Morgan fingerprint density at radius 1 is 1.12 bits per heavy atom. The molecule has 0 saturated carbocycles. The maximum atomic E-state index is 12.2. The van der Waals surface area contributed by atoms with E-state index in [9.17, 15) is 4.79 Å². The summed E-state index contributed by atoms with van der Waals surface area (Å²) in [6.07, 6.45) is 1.92. The lowest BCUT2D eigenvalue weighted by Crippen LogP contribution is -2.21. The van der Waals surface area contributed by atoms with Gasteiger partial charge in [-0.2, -0.15) is 0 Å². The van der Waals surface area contributed by atoms with Crippen molar-refractivity contribution in [2.24, 2.45) is 0 Å². The standard InChI is InChI=1S/C19H20ClN3O/c1-11-5-6-23-16(10-11)21-17(18(23)22-19(24)14(4)20)15-8-12(2)7-13(3)9-15/h5-10,14H,1-4H3,(H,22,24)/t14-/m0/s1. The van der Waals surface area contributed by atoms with E-state index in [4.69, 9.17) is 16.6 Å². The largest absolute Gasteiger partial charge is 0.309 e. The van der Waals surface area contributed by atoms with Gasteiger partial charge in [0.15, 0.2) is 0 Å². The molecule has 0 spiro atoms. The van der Waals surface area contributed by atoms with Crippen molar-refractivity contribution in [3.05, 3.63) is 53.2 Å². The van der Waals surface area contributed by atoms with E-state index in [1.807, 2.05) is 29.7 Å². The number of nitrogens with zero attached hydrogens (tertiary/aromatic N) is 2. The van der Waals surface area contributed by atoms with Crippen molar-refractivity contribution in [2.75, 3.05) is 5.32 Å². The van der Waals surface area contributed by atoms with Crippen LogP contribution in [0.2, 0.25) is 0 Å². The minimum Gasteiger partial charge on any atom is -0.309 e. The number of aryl methyl sites for hydroxylation is 3. The summed E-state index contributed by atoms with van der Waals surface area (Å²) in [7, 11) is 0. The fourth-order valence-corrected chi connectivity index (χ4v) is 2.85. The van der Waals surface area contributed by atoms with Gasteiger partial charge >= 0.3 is 0 Å². The number of hydrogen-bond acceptors (Lipinski definition) is 2. The van der Waals surface area contributed by atoms with Crippen LogP contribution in [0.3, 0.4) is 0 Å². The lowest BCUT2D eigenvalue weighted by Gasteiger charge is -2.10. The number of anilines is 1. The minimum absolute atomic E-state index is 0.246. The Morgan fingerprint density at radius 3 is 2.42 bits per heavy atom. The molecule has 1 amide bonds. The van der Waals surface area contributed by atoms with E-state index in [1.165, 1.54) is 0 Å². The number of carbonyl (C=O) groups excluding carboxylic acids is 1. The summed E-state index contributed by atoms with van der Waals surface area (Å²) in [5.74, 6) is 0.400. The Bertz CT molecular complexity index is 908. The number of aromatic nitrogens is 2. The summed E-state index contributed by atoms with van der Waals surface area (Å²) in [4.78, 5) is 16.9. The number of pyridine rings is 1. The summed E-state index contributed by atoms with van der Waals surface area (Å²) in [6.45, 7) is 7.77. The fraction of sp³-hybridized carbons (Fsp3) is 0.263. The molecule has 0 aliphatic rings. The van der Waals surface area contributed by atoms with Crippen LogP contribution < -0.4 is 5.32 Å². The highest BCUT2D eigenvalue weighted by molar-refractivity contribution is 6.32. The van der Waals surface area contributed by atoms with Crippen LogP contribution in [0.1, 0.15) is 23.6 Å². The zero-order valence-electron chi connectivity index (χ0n) is 14.2. The van der Waals surface area contributed by atoms with E-state index in [2.05, 4.69) is 37.4 Å². The number of halogens is 1. The number of benzene rings is 1. The normalized spacial score (nSPS) is 12.4. The summed E-state index contributed by atoms with van der Waals surface area (Å²) in [6, 6.07) is 10.2. The van der Waals surface area contributed by atoms with Gasteiger partial charge in [0.2, 0.25) is 5.91 Å². The summed E-state index contributed by atoms with van der Waals surface area (Å²) in [5.41, 5.74) is 5.94. The molecular weight excluding hydrogens is 322 g/mol. The second-order valence-corrected chi connectivity index (χ2v) is 6.88. The minimum atomic E-state index is -0.618. The number of imidazole rings is 1. The highest BCUT2D eigenvalue weighted by Crippen LogP contribution is 2.30. The molecule has 24 heavy (non-hydrogen) atoms. The molecule has 1 atom stereocenters. The van der Waals surface area contributed by atoms with Crippen LogP contribution in [-0.2, 0) is 4.79 Å². The fourth-order valence-electron chi connectivity index (χ4n) is 2.79. The first-order chi connectivity index (χ1) is 11.3. The van der Waals surface area contributed by atoms with Crippen molar-refractivity contribution >= 4 is 29.0 Å². The van der Waals surface area contributed by atoms with E-state index in [0.29, 0.717) is 5.82 Å². The van der Waals surface area contributed by atoms with E-state index >= 15 is 0 Å². The number of alkyl halides is 1. The monoisotopic (exact) mass is 341 g/mol. The topological polar surface area (TPSA) is 46.4 Å². The molecule has 2 aromatic heterocycles. The van der Waals surface area contributed by atoms with Gasteiger partial charge in [-0.3, -0.25) is 9.20 Å². The SMILES string of the molecule is Cc1cc(C)cc(-c2nc3cc(C)ccn3c2NC(=O)[C@H](C)Cl)c1. The van der Waals surface area contributed by atoms with Crippen molar-refractivity contribution in [3.63, 3.8) is 0 Å². The molecule has 0 radical (unpaired) electrons. The van der Waals surface area contributed by atoms with E-state index in [0.717, 1.165) is 33.6 Å². The highest BCUT2D eigenvalue weighted by atomic mass is 35.5. The Morgan fingerprint density at radius 2 is 1.79 bits per heavy atom. The van der Waals surface area contributed by atoms with Gasteiger partial charge in [0.1, 0.15) is 22.5 Å². The molecule has 0 saturated heterocycles. The van der Waals surface area contributed by atoms with Crippen molar-refractivity contribution in [1.82, 2.24) is 9.38 Å². The first-order valence-electron chi connectivity index (χ1n) is 7.87. The lowest BCUT2D eigenvalue weighted by atomic mass is 10.0. The highest BCUT2D eigenvalue weighted by Gasteiger charge is 2.19. The van der Waals surface area contributed by atoms with Gasteiger partial charge < -0.3 is 5.32 Å². The predicted molar refractivity (Wildman–Crippen MR) is 98.8 cm³/mol. The molecule has 4 nitrogen and oxygen atoms in total.